The standard InChI is InChI=1S/C29H35F3O12S/c1-15-6-9-21(13-22(15)12-20-7-10-23(11-8-20)44-45(37,38)29(30,31)32)25-27(41-18(4)35)28(42-19(5)36)26(40-17(3)34)24(43-25)14-39-16(2)33/h6-11,19,21,24-28,36H,12-14H2,1-5H3/t19?,21?,24-,25+,26-,27+,28+/m1/s1. The molecular formula is C29H35F3O12S. The summed E-state index contributed by atoms with van der Waals surface area (Å²) in [6.07, 6.45) is -2.73. The van der Waals surface area contributed by atoms with Crippen molar-refractivity contribution >= 4 is 28.0 Å². The van der Waals surface area contributed by atoms with Gasteiger partial charge in [-0.1, -0.05) is 35.4 Å². The van der Waals surface area contributed by atoms with E-state index in [-0.39, 0.29) is 6.61 Å². The van der Waals surface area contributed by atoms with Gasteiger partial charge in [0, 0.05) is 26.7 Å². The first-order valence-corrected chi connectivity index (χ1v) is 15.2. The van der Waals surface area contributed by atoms with Crippen molar-refractivity contribution in [3.05, 3.63) is 53.1 Å². The molecule has 0 spiro atoms. The molecule has 1 aliphatic carbocycles. The second-order valence-electron chi connectivity index (χ2n) is 10.6. The quantitative estimate of drug-likeness (QED) is 0.121. The molecule has 7 atom stereocenters. The van der Waals surface area contributed by atoms with Crippen LogP contribution in [0.2, 0.25) is 0 Å². The molecule has 0 radical (unpaired) electrons. The van der Waals surface area contributed by atoms with Gasteiger partial charge < -0.3 is 33.0 Å². The number of hydrogen-bond acceptors (Lipinski definition) is 12. The fourth-order valence-electron chi connectivity index (χ4n) is 5.08. The van der Waals surface area contributed by atoms with Crippen molar-refractivity contribution in [3.8, 4) is 5.75 Å². The van der Waals surface area contributed by atoms with Gasteiger partial charge in [0.2, 0.25) is 0 Å². The average Bonchev–Trinajstić information content (AvgIpc) is 2.90. The normalized spacial score (nSPS) is 26.2. The number of allylic oxidation sites excluding steroid dienone is 3. The topological polar surface area (TPSA) is 161 Å². The molecule has 16 heteroatoms. The Bertz CT molecular complexity index is 1400. The van der Waals surface area contributed by atoms with Gasteiger partial charge in [0.15, 0.2) is 18.5 Å². The molecule has 250 valence electrons. The maximum absolute atomic E-state index is 12.7. The number of esters is 3. The third-order valence-corrected chi connectivity index (χ3v) is 7.94. The molecule has 1 aromatic rings. The van der Waals surface area contributed by atoms with Crippen molar-refractivity contribution in [2.24, 2.45) is 5.92 Å². The Morgan fingerprint density at radius 3 is 2.13 bits per heavy atom. The first kappa shape index (κ1) is 36.0. The van der Waals surface area contributed by atoms with Gasteiger partial charge in [-0.3, -0.25) is 14.4 Å². The molecule has 1 saturated heterocycles. The molecule has 0 bridgehead atoms. The van der Waals surface area contributed by atoms with E-state index in [1.165, 1.54) is 32.9 Å². The van der Waals surface area contributed by atoms with E-state index in [4.69, 9.17) is 23.7 Å². The highest BCUT2D eigenvalue weighted by atomic mass is 32.2. The maximum Gasteiger partial charge on any atom is 0.534 e. The lowest BCUT2D eigenvalue weighted by Gasteiger charge is -2.47. The molecule has 0 aromatic heterocycles. The van der Waals surface area contributed by atoms with Crippen LogP contribution < -0.4 is 4.18 Å². The van der Waals surface area contributed by atoms with Crippen LogP contribution in [0.5, 0.6) is 5.75 Å². The van der Waals surface area contributed by atoms with Crippen LogP contribution in [0.15, 0.2) is 47.6 Å². The van der Waals surface area contributed by atoms with Crippen molar-refractivity contribution < 1.29 is 68.9 Å². The summed E-state index contributed by atoms with van der Waals surface area (Å²) in [5.41, 5.74) is -3.20. The highest BCUT2D eigenvalue weighted by molar-refractivity contribution is 7.88. The Balaban J connectivity index is 1.89. The molecule has 1 fully saturated rings. The van der Waals surface area contributed by atoms with Crippen LogP contribution in [0, 0.1) is 5.92 Å². The molecule has 0 amide bonds. The van der Waals surface area contributed by atoms with E-state index in [0.717, 1.165) is 30.2 Å². The fraction of sp³-hybridized carbons (Fsp3) is 0.552. The third-order valence-electron chi connectivity index (χ3n) is 6.96. The number of aliphatic hydroxyl groups excluding tert-OH is 1. The van der Waals surface area contributed by atoms with E-state index >= 15 is 0 Å². The first-order chi connectivity index (χ1) is 20.9. The lowest BCUT2D eigenvalue weighted by molar-refractivity contribution is -0.283. The molecule has 1 aliphatic heterocycles. The van der Waals surface area contributed by atoms with Crippen LogP contribution in [0.4, 0.5) is 13.2 Å². The maximum atomic E-state index is 12.7. The molecule has 2 unspecified atom stereocenters. The van der Waals surface area contributed by atoms with Gasteiger partial charge in [-0.25, -0.2) is 0 Å². The first-order valence-electron chi connectivity index (χ1n) is 13.8. The summed E-state index contributed by atoms with van der Waals surface area (Å²) in [6, 6.07) is 5.08. The summed E-state index contributed by atoms with van der Waals surface area (Å²) in [7, 11) is -5.82. The van der Waals surface area contributed by atoms with Crippen LogP contribution >= 0.6 is 0 Å². The van der Waals surface area contributed by atoms with E-state index in [1.807, 2.05) is 19.1 Å². The molecule has 2 aliphatic rings. The summed E-state index contributed by atoms with van der Waals surface area (Å²) in [5.74, 6) is -3.03. The van der Waals surface area contributed by atoms with Gasteiger partial charge in [-0.05, 0) is 44.4 Å². The SMILES string of the molecule is CC(=O)OC[C@H]1O[C@@H](C2C=CC(C)=C(Cc3ccc(OS(=O)(=O)C(F)(F)F)cc3)C2)[C@H](OC(C)=O)[C@@H](OC(C)O)[C@@H]1OC(C)=O. The van der Waals surface area contributed by atoms with E-state index in [9.17, 15) is 41.1 Å². The molecule has 1 N–H and O–H groups in total. The summed E-state index contributed by atoms with van der Waals surface area (Å²) < 4.78 is 93.1. The minimum atomic E-state index is -5.82. The van der Waals surface area contributed by atoms with E-state index in [1.54, 1.807) is 0 Å². The van der Waals surface area contributed by atoms with E-state index < -0.39 is 82.0 Å². The predicted octanol–water partition coefficient (Wildman–Crippen LogP) is 3.27. The van der Waals surface area contributed by atoms with Crippen LogP contribution in [-0.2, 0) is 54.6 Å². The molecule has 45 heavy (non-hydrogen) atoms. The number of aliphatic hydroxyl groups is 1. The van der Waals surface area contributed by atoms with Gasteiger partial charge in [0.05, 0.1) is 0 Å². The van der Waals surface area contributed by atoms with Gasteiger partial charge in [-0.2, -0.15) is 21.6 Å². The zero-order valence-corrected chi connectivity index (χ0v) is 25.9. The van der Waals surface area contributed by atoms with Crippen LogP contribution in [0.3, 0.4) is 0 Å². The van der Waals surface area contributed by atoms with Crippen molar-refractivity contribution in [1.82, 2.24) is 0 Å². The van der Waals surface area contributed by atoms with E-state index in [0.29, 0.717) is 18.4 Å². The van der Waals surface area contributed by atoms with Gasteiger partial charge in [0.25, 0.3) is 0 Å². The van der Waals surface area contributed by atoms with Gasteiger partial charge in [-0.15, -0.1) is 0 Å². The van der Waals surface area contributed by atoms with Crippen molar-refractivity contribution in [2.75, 3.05) is 6.61 Å². The summed E-state index contributed by atoms with van der Waals surface area (Å²) in [5, 5.41) is 10.1. The Kier molecular flexibility index (Phi) is 11.8. The lowest BCUT2D eigenvalue weighted by Crippen LogP contribution is -2.64. The molecule has 1 aromatic carbocycles. The van der Waals surface area contributed by atoms with E-state index in [2.05, 4.69) is 4.18 Å². The minimum absolute atomic E-state index is 0.310. The third kappa shape index (κ3) is 9.76. The Labute approximate surface area is 258 Å². The zero-order chi connectivity index (χ0) is 33.7. The highest BCUT2D eigenvalue weighted by Crippen LogP contribution is 2.38. The van der Waals surface area contributed by atoms with Crippen LogP contribution in [-0.4, -0.2) is 80.4 Å². The zero-order valence-electron chi connectivity index (χ0n) is 25.1. The number of ether oxygens (including phenoxy) is 5. The number of carbonyl (C=O) groups is 3. The summed E-state index contributed by atoms with van der Waals surface area (Å²) in [4.78, 5) is 35.8. The van der Waals surface area contributed by atoms with Crippen LogP contribution in [0.25, 0.3) is 0 Å². The number of halogens is 3. The Morgan fingerprint density at radius 1 is 1.00 bits per heavy atom. The number of hydrogen-bond donors (Lipinski definition) is 1. The molecule has 3 rings (SSSR count). The average molecular weight is 665 g/mol. The lowest BCUT2D eigenvalue weighted by atomic mass is 9.79. The van der Waals surface area contributed by atoms with Crippen molar-refractivity contribution in [1.29, 1.82) is 0 Å². The summed E-state index contributed by atoms with van der Waals surface area (Å²) >= 11 is 0. The van der Waals surface area contributed by atoms with Crippen LogP contribution in [0.1, 0.15) is 46.6 Å². The minimum Gasteiger partial charge on any atom is -0.463 e. The largest absolute Gasteiger partial charge is 0.534 e. The highest BCUT2D eigenvalue weighted by Gasteiger charge is 2.53. The van der Waals surface area contributed by atoms with Gasteiger partial charge in [0.1, 0.15) is 30.7 Å². The second-order valence-corrected chi connectivity index (χ2v) is 12.1. The van der Waals surface area contributed by atoms with Crippen molar-refractivity contribution in [3.63, 3.8) is 0 Å². The van der Waals surface area contributed by atoms with Gasteiger partial charge >= 0.3 is 33.5 Å². The fourth-order valence-corrected chi connectivity index (χ4v) is 5.54. The summed E-state index contributed by atoms with van der Waals surface area (Å²) in [6.45, 7) is 6.33. The number of rotatable bonds is 11. The molecule has 0 saturated carbocycles. The van der Waals surface area contributed by atoms with Crippen molar-refractivity contribution in [2.45, 2.75) is 89.8 Å². The Hall–Kier alpha value is -3.47. The molecule has 1 heterocycles. The number of carbonyl (C=O) groups excluding carboxylic acids is 3. The number of benzene rings is 1. The number of alkyl halides is 3. The monoisotopic (exact) mass is 664 g/mol. The molecule has 12 nitrogen and oxygen atoms in total. The predicted molar refractivity (Wildman–Crippen MR) is 149 cm³/mol. The second kappa shape index (κ2) is 14.7. The smallest absolute Gasteiger partial charge is 0.463 e. The Morgan fingerprint density at radius 2 is 1.60 bits per heavy atom. The molecular weight excluding hydrogens is 629 g/mol.